The fourth-order valence-electron chi connectivity index (χ4n) is 16.1. The van der Waals surface area contributed by atoms with Crippen molar-refractivity contribution in [3.05, 3.63) is 58.7 Å². The molecular weight excluding hydrogens is 456 g/mol. The van der Waals surface area contributed by atoms with Gasteiger partial charge in [0.2, 0.25) is 0 Å². The van der Waals surface area contributed by atoms with Crippen molar-refractivity contribution in [2.45, 2.75) is 55.4 Å². The molecule has 9 rings (SSSR count). The van der Waals surface area contributed by atoms with Crippen LogP contribution in [0.1, 0.15) is 55.4 Å². The summed E-state index contributed by atoms with van der Waals surface area (Å²) in [5.41, 5.74) is 12.0. The van der Waals surface area contributed by atoms with Crippen LogP contribution in [0.25, 0.3) is 0 Å². The van der Waals surface area contributed by atoms with Crippen LogP contribution in [-0.2, 0) is 0 Å². The van der Waals surface area contributed by atoms with E-state index >= 15 is 0 Å². The van der Waals surface area contributed by atoms with Crippen molar-refractivity contribution in [3.63, 3.8) is 0 Å². The van der Waals surface area contributed by atoms with E-state index in [1.165, 1.54) is 0 Å². The minimum absolute atomic E-state index is 0.596. The van der Waals surface area contributed by atoms with E-state index in [-0.39, 0.29) is 0 Å². The zero-order valence-corrected chi connectivity index (χ0v) is 25.2. The molecule has 0 aromatic carbocycles. The Balaban J connectivity index is 1.39. The van der Waals surface area contributed by atoms with E-state index in [0.29, 0.717) is 29.6 Å². The summed E-state index contributed by atoms with van der Waals surface area (Å²) >= 11 is 0. The molecule has 0 heterocycles. The van der Waals surface area contributed by atoms with Crippen molar-refractivity contribution in [2.75, 3.05) is 0 Å². The standard InChI is InChI=1S/C38H50/c1-12-14(3)26-21(10)28-18(7)16(5)24-20(9)25-17(6)19(8)29-22(11)27-15(4)13(2)23(12)30-33(26)37-35(28)31(24)32(25)36(29)38(37)34(27)30/h16-17,21-38H,7-9H2,1-6,10-11H3. The van der Waals surface area contributed by atoms with Crippen LogP contribution in [0.15, 0.2) is 58.7 Å². The van der Waals surface area contributed by atoms with Gasteiger partial charge in [-0.2, -0.15) is 0 Å². The molecule has 38 heavy (non-hydrogen) atoms. The second-order valence-electron chi connectivity index (χ2n) is 16.6. The summed E-state index contributed by atoms with van der Waals surface area (Å²) in [6, 6.07) is 0. The molecule has 0 radical (unpaired) electrons. The summed E-state index contributed by atoms with van der Waals surface area (Å²) < 4.78 is 0. The van der Waals surface area contributed by atoms with Crippen LogP contribution in [-0.4, -0.2) is 0 Å². The highest BCUT2D eigenvalue weighted by molar-refractivity contribution is 5.46. The Kier molecular flexibility index (Phi) is 4.17. The molecule has 18 unspecified atom stereocenters. The first-order valence-corrected chi connectivity index (χ1v) is 16.4. The molecule has 0 N–H and O–H groups in total. The molecule has 0 spiro atoms. The predicted octanol–water partition coefficient (Wildman–Crippen LogP) is 8.85. The van der Waals surface area contributed by atoms with Crippen LogP contribution >= 0.6 is 0 Å². The number of rotatable bonds is 0. The summed E-state index contributed by atoms with van der Waals surface area (Å²) in [7, 11) is 0. The van der Waals surface area contributed by atoms with Gasteiger partial charge in [0.15, 0.2) is 0 Å². The van der Waals surface area contributed by atoms with Crippen molar-refractivity contribution in [1.82, 2.24) is 0 Å². The Morgan fingerprint density at radius 1 is 0.368 bits per heavy atom. The monoisotopic (exact) mass is 506 g/mol. The van der Waals surface area contributed by atoms with Gasteiger partial charge in [0.1, 0.15) is 0 Å². The maximum Gasteiger partial charge on any atom is 0.00410 e. The smallest absolute Gasteiger partial charge is 0.00410 e. The highest BCUT2D eigenvalue weighted by atomic mass is 14.8. The Hall–Kier alpha value is -1.30. The minimum atomic E-state index is 0.596. The molecule has 0 aliphatic heterocycles. The summed E-state index contributed by atoms with van der Waals surface area (Å²) in [6.07, 6.45) is 0. The third kappa shape index (κ3) is 2.05. The van der Waals surface area contributed by atoms with Crippen LogP contribution < -0.4 is 0 Å². The number of hydrogen-bond donors (Lipinski definition) is 0. The summed E-state index contributed by atoms with van der Waals surface area (Å²) in [5, 5.41) is 0. The van der Waals surface area contributed by atoms with E-state index in [9.17, 15) is 0 Å². The molecule has 9 aliphatic carbocycles. The molecule has 0 aromatic heterocycles. The zero-order valence-electron chi connectivity index (χ0n) is 25.2. The quantitative estimate of drug-likeness (QED) is 0.288. The van der Waals surface area contributed by atoms with Gasteiger partial charge in [0.05, 0.1) is 0 Å². The van der Waals surface area contributed by atoms with Gasteiger partial charge in [-0.25, -0.2) is 0 Å². The molecule has 0 heteroatoms. The molecule has 18 atom stereocenters. The Bertz CT molecular complexity index is 1200. The second-order valence-corrected chi connectivity index (χ2v) is 16.6. The average Bonchev–Trinajstić information content (AvgIpc) is 3.37. The van der Waals surface area contributed by atoms with E-state index in [4.69, 9.17) is 19.7 Å². The molecule has 7 fully saturated rings. The zero-order chi connectivity index (χ0) is 26.6. The lowest BCUT2D eigenvalue weighted by atomic mass is 9.36. The van der Waals surface area contributed by atoms with Gasteiger partial charge in [-0.1, -0.05) is 86.4 Å². The lowest BCUT2D eigenvalue weighted by Gasteiger charge is -2.67. The lowest BCUT2D eigenvalue weighted by Crippen LogP contribution is -2.63. The Labute approximate surface area is 232 Å². The first-order valence-electron chi connectivity index (χ1n) is 16.4. The maximum atomic E-state index is 4.99. The summed E-state index contributed by atoms with van der Waals surface area (Å²) in [5.74, 6) is 15.7. The summed E-state index contributed by atoms with van der Waals surface area (Å²) in [6.45, 7) is 35.7. The predicted molar refractivity (Wildman–Crippen MR) is 157 cm³/mol. The lowest BCUT2D eigenvalue weighted by molar-refractivity contribution is -0.168. The fraction of sp³-hybridized carbons (Fsp3) is 0.737. The Morgan fingerprint density at radius 2 is 0.711 bits per heavy atom. The van der Waals surface area contributed by atoms with Gasteiger partial charge in [-0.15, -0.1) is 0 Å². The first-order chi connectivity index (χ1) is 18.0. The topological polar surface area (TPSA) is 0 Å². The maximum absolute atomic E-state index is 4.99. The van der Waals surface area contributed by atoms with E-state index in [0.717, 1.165) is 88.8 Å². The highest BCUT2D eigenvalue weighted by Crippen LogP contribution is 2.83. The normalized spacial score (nSPS) is 64.3. The van der Waals surface area contributed by atoms with Crippen LogP contribution in [0, 0.1) is 118 Å². The molecule has 0 nitrogen and oxygen atoms in total. The minimum Gasteiger partial charge on any atom is -0.0993 e. The van der Waals surface area contributed by atoms with Crippen molar-refractivity contribution in [2.24, 2.45) is 118 Å². The van der Waals surface area contributed by atoms with Crippen LogP contribution in [0.3, 0.4) is 0 Å². The summed E-state index contributed by atoms with van der Waals surface area (Å²) in [4.78, 5) is 0. The van der Waals surface area contributed by atoms with Crippen molar-refractivity contribution < 1.29 is 0 Å². The molecule has 202 valence electrons. The van der Waals surface area contributed by atoms with Gasteiger partial charge < -0.3 is 0 Å². The van der Waals surface area contributed by atoms with Crippen molar-refractivity contribution in [1.29, 1.82) is 0 Å². The molecular formula is C38H50. The van der Waals surface area contributed by atoms with Gasteiger partial charge in [-0.05, 0) is 140 Å². The fourth-order valence-corrected chi connectivity index (χ4v) is 16.1. The molecule has 0 aromatic rings. The number of hydrogen-bond acceptors (Lipinski definition) is 0. The van der Waals surface area contributed by atoms with Gasteiger partial charge >= 0.3 is 0 Å². The average molecular weight is 507 g/mol. The number of allylic oxidation sites excluding steroid dienone is 7. The largest absolute Gasteiger partial charge is 0.0993 e. The third-order valence-corrected chi connectivity index (χ3v) is 16.7. The van der Waals surface area contributed by atoms with Crippen LogP contribution in [0.2, 0.25) is 0 Å². The van der Waals surface area contributed by atoms with E-state index in [2.05, 4.69) is 55.4 Å². The molecule has 0 saturated heterocycles. The van der Waals surface area contributed by atoms with Crippen molar-refractivity contribution >= 4 is 0 Å². The van der Waals surface area contributed by atoms with Gasteiger partial charge in [0.25, 0.3) is 0 Å². The Morgan fingerprint density at radius 3 is 1.11 bits per heavy atom. The van der Waals surface area contributed by atoms with Crippen molar-refractivity contribution in [3.8, 4) is 0 Å². The SMILES string of the molecule is C=C1C2C(C)C(=C)C3C(C)C4C(C)=C(C)C5C(C)=C(C)C6C(C)C7C(=C)C(C)C1C1C2C3C2C4C5C6C2C71. The van der Waals surface area contributed by atoms with Gasteiger partial charge in [-0.3, -0.25) is 0 Å². The van der Waals surface area contributed by atoms with E-state index < -0.39 is 0 Å². The van der Waals surface area contributed by atoms with Crippen LogP contribution in [0.4, 0.5) is 0 Å². The third-order valence-electron chi connectivity index (χ3n) is 16.7. The second kappa shape index (κ2) is 6.77. The first kappa shape index (κ1) is 23.4. The highest BCUT2D eigenvalue weighted by Gasteiger charge is 2.79. The van der Waals surface area contributed by atoms with Gasteiger partial charge in [0, 0.05) is 5.92 Å². The molecule has 0 amide bonds. The molecule has 9 aliphatic rings. The van der Waals surface area contributed by atoms with E-state index in [1.54, 1.807) is 39.0 Å². The van der Waals surface area contributed by atoms with Crippen LogP contribution in [0.5, 0.6) is 0 Å². The molecule has 7 saturated carbocycles. The molecule has 0 bridgehead atoms. The van der Waals surface area contributed by atoms with E-state index in [1.807, 2.05) is 0 Å².